The van der Waals surface area contributed by atoms with E-state index in [2.05, 4.69) is 48.5 Å². The van der Waals surface area contributed by atoms with Crippen LogP contribution in [0.15, 0.2) is 0 Å². The van der Waals surface area contributed by atoms with Gasteiger partial charge in [-0.05, 0) is 43.4 Å². The Morgan fingerprint density at radius 2 is 0.460 bits per heavy atom. The number of hydrogen-bond donors (Lipinski definition) is 3. The van der Waals surface area contributed by atoms with E-state index in [1.165, 1.54) is 231 Å². The van der Waals surface area contributed by atoms with Crippen LogP contribution in [-0.2, 0) is 65.4 Å². The molecule has 2 unspecified atom stereocenters. The minimum Gasteiger partial charge on any atom is -0.462 e. The Balaban J connectivity index is 5.25. The van der Waals surface area contributed by atoms with Crippen LogP contribution in [0.5, 0.6) is 0 Å². The third-order valence-electron chi connectivity index (χ3n) is 18.9. The van der Waals surface area contributed by atoms with E-state index in [1.54, 1.807) is 0 Å². The minimum atomic E-state index is -4.96. The molecule has 100 heavy (non-hydrogen) atoms. The van der Waals surface area contributed by atoms with Gasteiger partial charge in [0.1, 0.15) is 19.3 Å². The van der Waals surface area contributed by atoms with Crippen LogP contribution in [0.4, 0.5) is 0 Å². The van der Waals surface area contributed by atoms with Gasteiger partial charge in [-0.2, -0.15) is 0 Å². The summed E-state index contributed by atoms with van der Waals surface area (Å²) in [5.74, 6) is 0.226. The Labute approximate surface area is 613 Å². The normalized spacial score (nSPS) is 14.0. The molecule has 0 saturated carbocycles. The second-order valence-electron chi connectivity index (χ2n) is 30.6. The van der Waals surface area contributed by atoms with Crippen molar-refractivity contribution in [3.63, 3.8) is 0 Å². The van der Waals surface area contributed by atoms with E-state index in [4.69, 9.17) is 37.0 Å². The third kappa shape index (κ3) is 74.3. The zero-order valence-electron chi connectivity index (χ0n) is 65.7. The lowest BCUT2D eigenvalue weighted by atomic mass is 10.0. The summed E-state index contributed by atoms with van der Waals surface area (Å²) < 4.78 is 68.7. The van der Waals surface area contributed by atoms with Gasteiger partial charge < -0.3 is 33.8 Å². The van der Waals surface area contributed by atoms with Gasteiger partial charge in [0, 0.05) is 25.7 Å². The van der Waals surface area contributed by atoms with E-state index in [0.717, 1.165) is 108 Å². The lowest BCUT2D eigenvalue weighted by Crippen LogP contribution is -2.30. The number of ether oxygens (including phenoxy) is 4. The molecule has 0 aromatic rings. The van der Waals surface area contributed by atoms with Crippen LogP contribution in [-0.4, -0.2) is 96.7 Å². The molecule has 3 N–H and O–H groups in total. The van der Waals surface area contributed by atoms with E-state index >= 15 is 0 Å². The maximum absolute atomic E-state index is 13.1. The summed E-state index contributed by atoms with van der Waals surface area (Å²) in [6, 6.07) is 0. The maximum Gasteiger partial charge on any atom is 0.472 e. The van der Waals surface area contributed by atoms with E-state index in [1.807, 2.05) is 0 Å². The van der Waals surface area contributed by atoms with Crippen LogP contribution in [0.2, 0.25) is 0 Å². The van der Waals surface area contributed by atoms with Crippen molar-refractivity contribution in [1.82, 2.24) is 0 Å². The molecule has 0 spiro atoms. The zero-order chi connectivity index (χ0) is 73.7. The number of phosphoric acid groups is 2. The number of phosphoric ester groups is 2. The standard InChI is InChI=1S/C81H158O17P2/c1-8-9-10-11-12-13-14-21-29-34-43-50-57-64-80(85)98-77(69-92-79(84)63-56-49-42-37-36-40-47-54-61-74(6)7)71-96-100(89,90)94-67-75(82)66-93-99(87,88)95-70-76(97-81(86)65-58-51-44-35-30-25-20-16-18-23-27-32-39-46-53-60-73(4)5)68-91-78(83)62-55-48-41-33-28-24-19-15-17-22-26-31-38-45-52-59-72(2)3/h72-77,82H,8-71H2,1-7H3,(H,87,88)(H,89,90)/t75-,76-,77-/m1/s1. The van der Waals surface area contributed by atoms with Crippen molar-refractivity contribution < 1.29 is 80.2 Å². The molecule has 0 heterocycles. The van der Waals surface area contributed by atoms with Gasteiger partial charge in [-0.25, -0.2) is 9.13 Å². The Morgan fingerprint density at radius 3 is 0.680 bits per heavy atom. The number of esters is 4. The smallest absolute Gasteiger partial charge is 0.462 e. The van der Waals surface area contributed by atoms with Crippen molar-refractivity contribution in [1.29, 1.82) is 0 Å². The molecule has 0 saturated heterocycles. The van der Waals surface area contributed by atoms with Gasteiger partial charge in [0.2, 0.25) is 0 Å². The molecule has 0 aliphatic carbocycles. The van der Waals surface area contributed by atoms with E-state index in [-0.39, 0.29) is 25.7 Å². The SMILES string of the molecule is CCCCCCCCCCCCCCCC(=O)O[C@H](COC(=O)CCCCCCCCCCC(C)C)COP(=O)(O)OC[C@H](O)COP(=O)(O)OC[C@@H](COC(=O)CCCCCCCCCCCCCCCCCC(C)C)OC(=O)CCCCCCCCCCCCCCCCCC(C)C. The zero-order valence-corrected chi connectivity index (χ0v) is 67.5. The molecular formula is C81H158O17P2. The molecule has 0 amide bonds. The molecule has 0 bridgehead atoms. The second-order valence-corrected chi connectivity index (χ2v) is 33.5. The van der Waals surface area contributed by atoms with Crippen LogP contribution in [0.3, 0.4) is 0 Å². The molecule has 19 heteroatoms. The fourth-order valence-corrected chi connectivity index (χ4v) is 14.1. The predicted octanol–water partition coefficient (Wildman–Crippen LogP) is 24.1. The summed E-state index contributed by atoms with van der Waals surface area (Å²) in [5.41, 5.74) is 0. The van der Waals surface area contributed by atoms with Crippen molar-refractivity contribution in [3.05, 3.63) is 0 Å². The average Bonchev–Trinajstić information content (AvgIpc) is 1.07. The fraction of sp³-hybridized carbons (Fsp3) is 0.951. The Kier molecular flexibility index (Phi) is 69.9. The van der Waals surface area contributed by atoms with Crippen molar-refractivity contribution in [2.45, 2.75) is 439 Å². The molecule has 0 rings (SSSR count). The van der Waals surface area contributed by atoms with Gasteiger partial charge in [-0.15, -0.1) is 0 Å². The molecule has 0 radical (unpaired) electrons. The first-order valence-electron chi connectivity index (χ1n) is 41.8. The minimum absolute atomic E-state index is 0.107. The second kappa shape index (κ2) is 71.3. The monoisotopic (exact) mass is 1470 g/mol. The number of carbonyl (C=O) groups excluding carboxylic acids is 4. The van der Waals surface area contributed by atoms with Crippen LogP contribution < -0.4 is 0 Å². The molecule has 0 aromatic heterocycles. The van der Waals surface area contributed by atoms with Crippen molar-refractivity contribution in [3.8, 4) is 0 Å². The van der Waals surface area contributed by atoms with Gasteiger partial charge in [-0.3, -0.25) is 37.3 Å². The Morgan fingerprint density at radius 1 is 0.270 bits per heavy atom. The number of hydrogen-bond acceptors (Lipinski definition) is 15. The van der Waals surface area contributed by atoms with E-state index < -0.39 is 97.5 Å². The highest BCUT2D eigenvalue weighted by Gasteiger charge is 2.30. The summed E-state index contributed by atoms with van der Waals surface area (Å²) in [5, 5.41) is 10.6. The summed E-state index contributed by atoms with van der Waals surface area (Å²) in [4.78, 5) is 73.0. The summed E-state index contributed by atoms with van der Waals surface area (Å²) in [6.07, 6.45) is 59.6. The van der Waals surface area contributed by atoms with Crippen molar-refractivity contribution in [2.75, 3.05) is 39.6 Å². The molecule has 0 fully saturated rings. The maximum atomic E-state index is 13.1. The summed E-state index contributed by atoms with van der Waals surface area (Å²) >= 11 is 0. The van der Waals surface area contributed by atoms with Gasteiger partial charge in [-0.1, -0.05) is 370 Å². The van der Waals surface area contributed by atoms with Gasteiger partial charge in [0.15, 0.2) is 12.2 Å². The fourth-order valence-electron chi connectivity index (χ4n) is 12.5. The van der Waals surface area contributed by atoms with Crippen LogP contribution >= 0.6 is 15.6 Å². The van der Waals surface area contributed by atoms with Gasteiger partial charge >= 0.3 is 39.5 Å². The number of aliphatic hydroxyl groups excluding tert-OH is 1. The highest BCUT2D eigenvalue weighted by atomic mass is 31.2. The molecule has 17 nitrogen and oxygen atoms in total. The first-order valence-corrected chi connectivity index (χ1v) is 44.8. The third-order valence-corrected chi connectivity index (χ3v) is 20.8. The summed E-state index contributed by atoms with van der Waals surface area (Å²) in [7, 11) is -9.92. The van der Waals surface area contributed by atoms with Crippen LogP contribution in [0.1, 0.15) is 421 Å². The van der Waals surface area contributed by atoms with Crippen molar-refractivity contribution in [2.24, 2.45) is 17.8 Å². The Bertz CT molecular complexity index is 1940. The topological polar surface area (TPSA) is 237 Å². The molecule has 5 atom stereocenters. The largest absolute Gasteiger partial charge is 0.472 e. The molecule has 0 aliphatic rings. The molecular weight excluding hydrogens is 1310 g/mol. The average molecular weight is 1470 g/mol. The van der Waals surface area contributed by atoms with Gasteiger partial charge in [0.25, 0.3) is 0 Å². The molecule has 0 aromatic carbocycles. The highest BCUT2D eigenvalue weighted by Crippen LogP contribution is 2.45. The predicted molar refractivity (Wildman–Crippen MR) is 409 cm³/mol. The number of unbranched alkanes of at least 4 members (excludes halogenated alkanes) is 47. The first-order chi connectivity index (χ1) is 48.2. The highest BCUT2D eigenvalue weighted by molar-refractivity contribution is 7.47. The van der Waals surface area contributed by atoms with Crippen LogP contribution in [0, 0.1) is 17.8 Å². The van der Waals surface area contributed by atoms with E-state index in [9.17, 15) is 43.2 Å². The number of aliphatic hydroxyl groups is 1. The van der Waals surface area contributed by atoms with Crippen LogP contribution in [0.25, 0.3) is 0 Å². The van der Waals surface area contributed by atoms with Gasteiger partial charge in [0.05, 0.1) is 26.4 Å². The molecule has 0 aliphatic heterocycles. The first kappa shape index (κ1) is 98.1. The summed E-state index contributed by atoms with van der Waals surface area (Å²) in [6.45, 7) is 12.0. The lowest BCUT2D eigenvalue weighted by molar-refractivity contribution is -0.161. The van der Waals surface area contributed by atoms with Crippen molar-refractivity contribution >= 4 is 39.5 Å². The molecule has 594 valence electrons. The van der Waals surface area contributed by atoms with E-state index in [0.29, 0.717) is 25.7 Å². The quantitative estimate of drug-likeness (QED) is 0.0222. The lowest BCUT2D eigenvalue weighted by Gasteiger charge is -2.21. The number of carbonyl (C=O) groups is 4. The Hall–Kier alpha value is -1.94. The number of rotatable bonds is 79.